The number of carbonyl (C=O) groups is 1. The molecule has 1 amide bonds. The van der Waals surface area contributed by atoms with Crippen LogP contribution in [0.3, 0.4) is 0 Å². The first-order valence-corrected chi connectivity index (χ1v) is 6.80. The second-order valence-electron chi connectivity index (χ2n) is 4.84. The molecule has 2 aromatic rings. The molecule has 0 spiro atoms. The molecule has 0 unspecified atom stereocenters. The molecule has 2 heterocycles. The number of halogens is 1. The Morgan fingerprint density at radius 3 is 2.95 bits per heavy atom. The van der Waals surface area contributed by atoms with Gasteiger partial charge >= 0.3 is 0 Å². The molecule has 3 rings (SSSR count). The van der Waals surface area contributed by atoms with E-state index in [9.17, 15) is 9.90 Å². The minimum atomic E-state index is -0.426. The zero-order valence-electron chi connectivity index (χ0n) is 10.7. The molecule has 1 aromatic heterocycles. The lowest BCUT2D eigenvalue weighted by atomic mass is 10.1. The topological polar surface area (TPSA) is 69.2 Å². The molecule has 104 valence electrons. The fourth-order valence-electron chi connectivity index (χ4n) is 2.33. The molecule has 1 atom stereocenters. The van der Waals surface area contributed by atoms with Gasteiger partial charge in [-0.1, -0.05) is 29.8 Å². The maximum absolute atomic E-state index is 12.2. The average Bonchev–Trinajstić information content (AvgIpc) is 3.07. The third-order valence-corrected chi connectivity index (χ3v) is 3.74. The van der Waals surface area contributed by atoms with Crippen molar-refractivity contribution >= 4 is 17.5 Å². The Bertz CT molecular complexity index is 641. The molecule has 1 aliphatic rings. The molecule has 1 saturated heterocycles. The number of rotatable bonds is 2. The van der Waals surface area contributed by atoms with Gasteiger partial charge in [-0.3, -0.25) is 9.89 Å². The van der Waals surface area contributed by atoms with E-state index in [1.807, 2.05) is 18.2 Å². The van der Waals surface area contributed by atoms with E-state index >= 15 is 0 Å². The first-order valence-electron chi connectivity index (χ1n) is 6.43. The van der Waals surface area contributed by atoms with Crippen molar-refractivity contribution in [1.29, 1.82) is 0 Å². The molecule has 20 heavy (non-hydrogen) atoms. The highest BCUT2D eigenvalue weighted by Crippen LogP contribution is 2.26. The summed E-state index contributed by atoms with van der Waals surface area (Å²) in [6.45, 7) is 0.944. The highest BCUT2D eigenvalue weighted by atomic mass is 35.5. The lowest BCUT2D eigenvalue weighted by Gasteiger charge is -2.13. The molecule has 0 bridgehead atoms. The van der Waals surface area contributed by atoms with Crippen LogP contribution in [0.25, 0.3) is 11.3 Å². The number of nitrogens with zero attached hydrogens (tertiary/aromatic N) is 2. The van der Waals surface area contributed by atoms with Crippen LogP contribution in [0, 0.1) is 0 Å². The van der Waals surface area contributed by atoms with Crippen molar-refractivity contribution in [2.75, 3.05) is 13.1 Å². The van der Waals surface area contributed by atoms with E-state index in [4.69, 9.17) is 11.6 Å². The number of carbonyl (C=O) groups excluding carboxylic acids is 1. The summed E-state index contributed by atoms with van der Waals surface area (Å²) in [5.41, 5.74) is 1.83. The Morgan fingerprint density at radius 1 is 1.45 bits per heavy atom. The maximum atomic E-state index is 12.2. The Morgan fingerprint density at radius 2 is 2.25 bits per heavy atom. The number of hydrogen-bond acceptors (Lipinski definition) is 3. The summed E-state index contributed by atoms with van der Waals surface area (Å²) in [4.78, 5) is 13.9. The van der Waals surface area contributed by atoms with E-state index in [1.54, 1.807) is 17.0 Å². The molecule has 1 aromatic carbocycles. The number of aromatic nitrogens is 2. The Hall–Kier alpha value is -1.85. The number of aliphatic hydroxyl groups excluding tert-OH is 1. The molecule has 2 N–H and O–H groups in total. The fourth-order valence-corrected chi connectivity index (χ4v) is 2.57. The van der Waals surface area contributed by atoms with E-state index in [1.165, 1.54) is 0 Å². The van der Waals surface area contributed by atoms with Gasteiger partial charge in [0, 0.05) is 18.7 Å². The summed E-state index contributed by atoms with van der Waals surface area (Å²) in [6.07, 6.45) is 0.196. The van der Waals surface area contributed by atoms with Crippen molar-refractivity contribution in [1.82, 2.24) is 15.1 Å². The molecule has 0 radical (unpaired) electrons. The lowest BCUT2D eigenvalue weighted by molar-refractivity contribution is 0.0759. The van der Waals surface area contributed by atoms with Crippen LogP contribution in [0.5, 0.6) is 0 Å². The molecular weight excluding hydrogens is 278 g/mol. The second-order valence-corrected chi connectivity index (χ2v) is 5.25. The minimum Gasteiger partial charge on any atom is -0.391 e. The third-order valence-electron chi connectivity index (χ3n) is 3.41. The minimum absolute atomic E-state index is 0.146. The van der Waals surface area contributed by atoms with E-state index in [-0.39, 0.29) is 5.91 Å². The highest BCUT2D eigenvalue weighted by Gasteiger charge is 2.26. The zero-order chi connectivity index (χ0) is 14.1. The number of likely N-dealkylation sites (tertiary alicyclic amines) is 1. The average molecular weight is 292 g/mol. The highest BCUT2D eigenvalue weighted by molar-refractivity contribution is 6.33. The smallest absolute Gasteiger partial charge is 0.271 e. The number of aliphatic hydroxyl groups is 1. The van der Waals surface area contributed by atoms with Gasteiger partial charge in [0.1, 0.15) is 5.69 Å². The summed E-state index contributed by atoms with van der Waals surface area (Å²) in [6, 6.07) is 9.04. The van der Waals surface area contributed by atoms with Crippen LogP contribution in [-0.2, 0) is 0 Å². The number of nitrogens with one attached hydrogen (secondary N) is 1. The van der Waals surface area contributed by atoms with E-state index in [0.717, 1.165) is 5.56 Å². The molecular formula is C14H14ClN3O2. The van der Waals surface area contributed by atoms with Crippen molar-refractivity contribution in [3.63, 3.8) is 0 Å². The van der Waals surface area contributed by atoms with Gasteiger partial charge in [-0.05, 0) is 18.6 Å². The van der Waals surface area contributed by atoms with Crippen molar-refractivity contribution in [3.8, 4) is 11.3 Å². The molecule has 6 heteroatoms. The largest absolute Gasteiger partial charge is 0.391 e. The van der Waals surface area contributed by atoms with Gasteiger partial charge in [0.2, 0.25) is 0 Å². The predicted molar refractivity (Wildman–Crippen MR) is 75.6 cm³/mol. The van der Waals surface area contributed by atoms with Gasteiger partial charge in [-0.15, -0.1) is 0 Å². The van der Waals surface area contributed by atoms with Gasteiger partial charge in [0.05, 0.1) is 16.8 Å². The lowest BCUT2D eigenvalue weighted by Crippen LogP contribution is -2.29. The van der Waals surface area contributed by atoms with E-state index < -0.39 is 6.10 Å². The van der Waals surface area contributed by atoms with Crippen LogP contribution in [0.4, 0.5) is 0 Å². The molecule has 1 aliphatic heterocycles. The van der Waals surface area contributed by atoms with Gasteiger partial charge in [-0.25, -0.2) is 0 Å². The Kier molecular flexibility index (Phi) is 3.46. The van der Waals surface area contributed by atoms with E-state index in [2.05, 4.69) is 10.2 Å². The SMILES string of the molecule is O=C(c1cc(-c2ccccc2Cl)n[nH]1)N1CC[C@@H](O)C1. The van der Waals surface area contributed by atoms with Gasteiger partial charge in [0.25, 0.3) is 5.91 Å². The Labute approximate surface area is 121 Å². The molecule has 0 aliphatic carbocycles. The number of aromatic amines is 1. The maximum Gasteiger partial charge on any atom is 0.271 e. The van der Waals surface area contributed by atoms with Crippen LogP contribution < -0.4 is 0 Å². The normalized spacial score (nSPS) is 18.5. The van der Waals surface area contributed by atoms with Gasteiger partial charge in [0.15, 0.2) is 0 Å². The molecule has 1 fully saturated rings. The summed E-state index contributed by atoms with van der Waals surface area (Å²) >= 11 is 6.11. The van der Waals surface area contributed by atoms with Crippen LogP contribution in [0.1, 0.15) is 16.9 Å². The van der Waals surface area contributed by atoms with Crippen LogP contribution >= 0.6 is 11.6 Å². The number of H-pyrrole nitrogens is 1. The van der Waals surface area contributed by atoms with Crippen molar-refractivity contribution in [2.45, 2.75) is 12.5 Å². The molecule has 0 saturated carbocycles. The van der Waals surface area contributed by atoms with Crippen molar-refractivity contribution < 1.29 is 9.90 Å². The van der Waals surface area contributed by atoms with Crippen LogP contribution in [0.15, 0.2) is 30.3 Å². The fraction of sp³-hybridized carbons (Fsp3) is 0.286. The second kappa shape index (κ2) is 5.26. The summed E-state index contributed by atoms with van der Waals surface area (Å²) in [7, 11) is 0. The van der Waals surface area contributed by atoms with E-state index in [0.29, 0.717) is 35.9 Å². The van der Waals surface area contributed by atoms with Crippen LogP contribution in [-0.4, -0.2) is 45.3 Å². The third kappa shape index (κ3) is 2.42. The van der Waals surface area contributed by atoms with Crippen molar-refractivity contribution in [2.24, 2.45) is 0 Å². The quantitative estimate of drug-likeness (QED) is 0.888. The number of hydrogen-bond donors (Lipinski definition) is 2. The Balaban J connectivity index is 1.84. The van der Waals surface area contributed by atoms with Crippen LogP contribution in [0.2, 0.25) is 5.02 Å². The summed E-state index contributed by atoms with van der Waals surface area (Å²) in [5, 5.41) is 17.0. The predicted octanol–water partition coefficient (Wildman–Crippen LogP) is 1.94. The standard InChI is InChI=1S/C14H14ClN3O2/c15-11-4-2-1-3-10(11)12-7-13(17-16-12)14(20)18-6-5-9(19)8-18/h1-4,7,9,19H,5-6,8H2,(H,16,17)/t9-/m1/s1. The summed E-state index contributed by atoms with van der Waals surface area (Å²) < 4.78 is 0. The number of amides is 1. The summed E-state index contributed by atoms with van der Waals surface area (Å²) in [5.74, 6) is -0.146. The van der Waals surface area contributed by atoms with Crippen molar-refractivity contribution in [3.05, 3.63) is 41.0 Å². The number of β-amino-alcohol motifs (C(OH)–C–C–N with tert-alkyl or cyclic N) is 1. The zero-order valence-corrected chi connectivity index (χ0v) is 11.5. The van der Waals surface area contributed by atoms with Gasteiger partial charge < -0.3 is 10.0 Å². The number of benzene rings is 1. The first-order chi connectivity index (χ1) is 9.65. The van der Waals surface area contributed by atoms with Gasteiger partial charge in [-0.2, -0.15) is 5.10 Å². The monoisotopic (exact) mass is 291 g/mol. The molecule has 5 nitrogen and oxygen atoms in total. The first kappa shape index (κ1) is 13.1.